The van der Waals surface area contributed by atoms with Gasteiger partial charge in [-0.2, -0.15) is 5.26 Å². The molecule has 0 spiro atoms. The highest BCUT2D eigenvalue weighted by molar-refractivity contribution is 7.93. The maximum absolute atomic E-state index is 13.6. The van der Waals surface area contributed by atoms with Gasteiger partial charge in [-0.1, -0.05) is 0 Å². The Labute approximate surface area is 150 Å². The lowest BCUT2D eigenvalue weighted by atomic mass is 10.1. The normalized spacial score (nSPS) is 17.5. The van der Waals surface area contributed by atoms with Gasteiger partial charge in [0.25, 0.3) is 0 Å². The molecule has 0 bridgehead atoms. The van der Waals surface area contributed by atoms with Crippen molar-refractivity contribution >= 4 is 15.4 Å². The molecule has 3 rings (SSSR count). The van der Waals surface area contributed by atoms with Crippen LogP contribution >= 0.6 is 0 Å². The lowest BCUT2D eigenvalue weighted by Crippen LogP contribution is -2.05. The fourth-order valence-corrected chi connectivity index (χ4v) is 4.27. The number of nitrogens with zero attached hydrogens (tertiary/aromatic N) is 3. The van der Waals surface area contributed by atoms with Crippen molar-refractivity contribution in [2.24, 2.45) is 4.36 Å². The van der Waals surface area contributed by atoms with Crippen LogP contribution in [-0.2, 0) is 16.1 Å². The largest absolute Gasteiger partial charge is 0.458 e. The van der Waals surface area contributed by atoms with Crippen molar-refractivity contribution < 1.29 is 18.4 Å². The predicted molar refractivity (Wildman–Crippen MR) is 92.8 cm³/mol. The SMILES string of the molecule is [C-]#[N+]c1cc(F)cc(Oc2ccc(S(C)(=O)=NC#N)c3c2CCC3O)c1. The minimum absolute atomic E-state index is 0.109. The molecular formula is C18H14FN3O3S. The molecule has 1 aliphatic rings. The first-order valence-corrected chi connectivity index (χ1v) is 9.58. The lowest BCUT2D eigenvalue weighted by Gasteiger charge is -2.16. The van der Waals surface area contributed by atoms with Crippen molar-refractivity contribution in [1.82, 2.24) is 0 Å². The van der Waals surface area contributed by atoms with Crippen LogP contribution in [0.3, 0.4) is 0 Å². The van der Waals surface area contributed by atoms with E-state index in [4.69, 9.17) is 16.6 Å². The first-order chi connectivity index (χ1) is 12.4. The number of rotatable bonds is 3. The third kappa shape index (κ3) is 3.25. The predicted octanol–water partition coefficient (Wildman–Crippen LogP) is 4.09. The van der Waals surface area contributed by atoms with Gasteiger partial charge in [0.1, 0.15) is 17.3 Å². The zero-order chi connectivity index (χ0) is 18.9. The van der Waals surface area contributed by atoms with E-state index in [1.165, 1.54) is 18.4 Å². The molecule has 1 N–H and O–H groups in total. The highest BCUT2D eigenvalue weighted by Gasteiger charge is 2.30. The summed E-state index contributed by atoms with van der Waals surface area (Å²) in [4.78, 5) is 3.49. The van der Waals surface area contributed by atoms with Crippen LogP contribution < -0.4 is 4.74 Å². The Bertz CT molecular complexity index is 1090. The molecule has 1 aliphatic carbocycles. The van der Waals surface area contributed by atoms with Gasteiger partial charge in [0.05, 0.1) is 27.3 Å². The Kier molecular flexibility index (Phi) is 4.64. The van der Waals surface area contributed by atoms with Crippen LogP contribution in [0.2, 0.25) is 0 Å². The van der Waals surface area contributed by atoms with Crippen LogP contribution in [0.1, 0.15) is 23.7 Å². The van der Waals surface area contributed by atoms with Gasteiger partial charge in [-0.05, 0) is 37.1 Å². The summed E-state index contributed by atoms with van der Waals surface area (Å²) >= 11 is 0. The third-order valence-electron chi connectivity index (χ3n) is 4.11. The van der Waals surface area contributed by atoms with Crippen LogP contribution in [0, 0.1) is 23.8 Å². The van der Waals surface area contributed by atoms with E-state index in [0.29, 0.717) is 34.6 Å². The number of nitriles is 1. The van der Waals surface area contributed by atoms with E-state index < -0.39 is 21.7 Å². The number of aliphatic hydroxyl groups is 1. The number of aliphatic hydroxyl groups excluding tert-OH is 1. The Hall–Kier alpha value is -2.94. The summed E-state index contributed by atoms with van der Waals surface area (Å²) in [5.41, 5.74) is 1.19. The highest BCUT2D eigenvalue weighted by Crippen LogP contribution is 2.43. The van der Waals surface area contributed by atoms with Gasteiger partial charge in [-0.3, -0.25) is 0 Å². The van der Waals surface area contributed by atoms with Crippen molar-refractivity contribution in [3.05, 3.63) is 58.7 Å². The van der Waals surface area contributed by atoms with E-state index in [1.807, 2.05) is 0 Å². The van der Waals surface area contributed by atoms with Crippen LogP contribution in [0.15, 0.2) is 39.6 Å². The summed E-state index contributed by atoms with van der Waals surface area (Å²) in [6.07, 6.45) is 2.95. The lowest BCUT2D eigenvalue weighted by molar-refractivity contribution is 0.177. The number of benzene rings is 2. The van der Waals surface area contributed by atoms with Gasteiger partial charge in [-0.25, -0.2) is 13.4 Å². The summed E-state index contributed by atoms with van der Waals surface area (Å²) < 4.78 is 35.5. The number of fused-ring (bicyclic) bond motifs is 1. The molecule has 2 unspecified atom stereocenters. The van der Waals surface area contributed by atoms with Crippen LogP contribution in [0.4, 0.5) is 10.1 Å². The molecule has 0 heterocycles. The first-order valence-electron chi connectivity index (χ1n) is 7.65. The summed E-state index contributed by atoms with van der Waals surface area (Å²) in [7, 11) is -2.98. The molecule has 2 aromatic carbocycles. The van der Waals surface area contributed by atoms with E-state index in [9.17, 15) is 13.7 Å². The zero-order valence-corrected chi connectivity index (χ0v) is 14.6. The van der Waals surface area contributed by atoms with Gasteiger partial charge in [-0.15, -0.1) is 4.36 Å². The maximum Gasteiger partial charge on any atom is 0.214 e. The second kappa shape index (κ2) is 6.75. The van der Waals surface area contributed by atoms with E-state index in [0.717, 1.165) is 12.1 Å². The summed E-state index contributed by atoms with van der Waals surface area (Å²) in [6, 6.07) is 6.74. The maximum atomic E-state index is 13.6. The van der Waals surface area contributed by atoms with E-state index in [1.54, 1.807) is 12.3 Å². The van der Waals surface area contributed by atoms with Crippen LogP contribution in [-0.4, -0.2) is 15.6 Å². The molecule has 0 aromatic heterocycles. The topological polar surface area (TPSA) is 87.0 Å². The van der Waals surface area contributed by atoms with Gasteiger partial charge in [0.2, 0.25) is 6.19 Å². The Morgan fingerprint density at radius 1 is 1.46 bits per heavy atom. The van der Waals surface area contributed by atoms with Gasteiger partial charge >= 0.3 is 0 Å². The highest BCUT2D eigenvalue weighted by atomic mass is 32.2. The molecule has 0 radical (unpaired) electrons. The molecule has 0 saturated carbocycles. The van der Waals surface area contributed by atoms with Gasteiger partial charge in [0, 0.05) is 23.4 Å². The molecule has 2 aromatic rings. The summed E-state index contributed by atoms with van der Waals surface area (Å²) in [5, 5.41) is 19.1. The Morgan fingerprint density at radius 2 is 2.23 bits per heavy atom. The molecule has 0 amide bonds. The minimum atomic E-state index is -2.98. The fraction of sp³-hybridized carbons (Fsp3) is 0.222. The molecular weight excluding hydrogens is 357 g/mol. The molecule has 6 nitrogen and oxygen atoms in total. The van der Waals surface area contributed by atoms with E-state index in [-0.39, 0.29) is 11.4 Å². The molecule has 8 heteroatoms. The fourth-order valence-electron chi connectivity index (χ4n) is 3.02. The Morgan fingerprint density at radius 3 is 2.92 bits per heavy atom. The minimum Gasteiger partial charge on any atom is -0.458 e. The smallest absolute Gasteiger partial charge is 0.214 e. The standard InChI is InChI=1S/C18H14FN3O3S/c1-21-12-7-11(19)8-13(9-12)25-16-5-6-17(26(2,24)22-10-20)18-14(16)3-4-15(18)23/h5-9,15,23H,3-4H2,2H3. The quantitative estimate of drug-likeness (QED) is 0.650. The number of ether oxygens (including phenoxy) is 1. The number of halogens is 1. The number of hydrogen-bond donors (Lipinski definition) is 1. The molecule has 2 atom stereocenters. The first kappa shape index (κ1) is 17.9. The second-order valence-corrected chi connectivity index (χ2v) is 8.09. The van der Waals surface area contributed by atoms with Crippen molar-refractivity contribution in [3.63, 3.8) is 0 Å². The van der Waals surface area contributed by atoms with Crippen molar-refractivity contribution in [2.45, 2.75) is 23.8 Å². The Balaban J connectivity index is 2.11. The van der Waals surface area contributed by atoms with Crippen molar-refractivity contribution in [1.29, 1.82) is 5.26 Å². The van der Waals surface area contributed by atoms with Crippen molar-refractivity contribution in [2.75, 3.05) is 6.26 Å². The molecule has 0 fully saturated rings. The summed E-state index contributed by atoms with van der Waals surface area (Å²) in [5.74, 6) is -0.0496. The molecule has 0 saturated heterocycles. The van der Waals surface area contributed by atoms with Gasteiger partial charge in [0.15, 0.2) is 5.69 Å². The number of hydrogen-bond acceptors (Lipinski definition) is 5. The molecule has 0 aliphatic heterocycles. The molecule has 132 valence electrons. The molecule has 26 heavy (non-hydrogen) atoms. The van der Waals surface area contributed by atoms with E-state index >= 15 is 0 Å². The summed E-state index contributed by atoms with van der Waals surface area (Å²) in [6.45, 7) is 7.00. The van der Waals surface area contributed by atoms with Crippen LogP contribution in [0.25, 0.3) is 4.85 Å². The average molecular weight is 371 g/mol. The van der Waals surface area contributed by atoms with Crippen molar-refractivity contribution in [3.8, 4) is 17.7 Å². The zero-order valence-electron chi connectivity index (χ0n) is 13.8. The third-order valence-corrected chi connectivity index (χ3v) is 5.71. The average Bonchev–Trinajstić information content (AvgIpc) is 2.97. The van der Waals surface area contributed by atoms with Crippen LogP contribution in [0.5, 0.6) is 11.5 Å². The van der Waals surface area contributed by atoms with Gasteiger partial charge < -0.3 is 9.84 Å². The van der Waals surface area contributed by atoms with E-state index in [2.05, 4.69) is 9.21 Å². The second-order valence-electron chi connectivity index (χ2n) is 5.86. The monoisotopic (exact) mass is 371 g/mol.